The third kappa shape index (κ3) is 8.17. The number of hydrogen-bond acceptors (Lipinski definition) is 14. The smallest absolute Gasteiger partial charge is 0.243 e. The van der Waals surface area contributed by atoms with E-state index in [1.54, 1.807) is 53.3 Å². The molecule has 2 saturated heterocycles. The van der Waals surface area contributed by atoms with Crippen LogP contribution in [-0.2, 0) is 16.1 Å². The lowest BCUT2D eigenvalue weighted by Gasteiger charge is -2.31. The van der Waals surface area contributed by atoms with Crippen molar-refractivity contribution in [3.05, 3.63) is 106 Å². The van der Waals surface area contributed by atoms with Gasteiger partial charge in [0.1, 0.15) is 34.0 Å². The summed E-state index contributed by atoms with van der Waals surface area (Å²) in [4.78, 5) is 48.5. The number of thiazole rings is 1. The Morgan fingerprint density at radius 1 is 0.952 bits per heavy atom. The molecule has 3 atom stereocenters. The fraction of sp³-hybridized carbons (Fsp3) is 0.348. The minimum Gasteiger partial charge on any atom is -0.507 e. The van der Waals surface area contributed by atoms with E-state index < -0.39 is 18.1 Å². The van der Waals surface area contributed by atoms with E-state index >= 15 is 0 Å². The van der Waals surface area contributed by atoms with Crippen LogP contribution in [-0.4, -0.2) is 89.0 Å². The van der Waals surface area contributed by atoms with Gasteiger partial charge in [0.2, 0.25) is 17.8 Å². The highest BCUT2D eigenvalue weighted by Gasteiger charge is 2.43. The number of aryl methyl sites for hydroxylation is 2. The molecule has 2 aromatic carbocycles. The molecule has 2 aliphatic rings. The Hall–Kier alpha value is -6.10. The first kappa shape index (κ1) is 41.3. The number of thiophene rings is 1. The largest absolute Gasteiger partial charge is 0.507 e. The van der Waals surface area contributed by atoms with Crippen LogP contribution in [0.15, 0.2) is 83.1 Å². The summed E-state index contributed by atoms with van der Waals surface area (Å²) in [6.45, 7) is 9.91. The minimum absolute atomic E-state index is 0.0523. The molecule has 2 aliphatic heterocycles. The molecule has 7 heterocycles. The van der Waals surface area contributed by atoms with Crippen molar-refractivity contribution in [2.45, 2.75) is 77.5 Å². The molecular weight excluding hydrogens is 823 g/mol. The molecule has 318 valence electrons. The van der Waals surface area contributed by atoms with Gasteiger partial charge in [-0.2, -0.15) is 0 Å². The fourth-order valence-electron chi connectivity index (χ4n) is 8.66. The molecule has 0 spiro atoms. The van der Waals surface area contributed by atoms with Crippen LogP contribution < -0.4 is 10.2 Å². The van der Waals surface area contributed by atoms with Crippen LogP contribution in [0.3, 0.4) is 0 Å². The van der Waals surface area contributed by atoms with Crippen molar-refractivity contribution in [2.75, 3.05) is 24.5 Å². The topological polar surface area (TPSA) is 184 Å². The van der Waals surface area contributed by atoms with E-state index in [1.807, 2.05) is 68.7 Å². The first-order valence-electron chi connectivity index (χ1n) is 20.9. The number of nitrogens with zero attached hydrogens (tertiary/aromatic N) is 8. The molecule has 0 unspecified atom stereocenters. The monoisotopic (exact) mass is 869 g/mol. The first-order valence-corrected chi connectivity index (χ1v) is 22.6. The number of nitrogens with one attached hydrogen (secondary N) is 1. The van der Waals surface area contributed by atoms with Crippen LogP contribution in [0.25, 0.3) is 43.2 Å². The minimum atomic E-state index is -0.823. The summed E-state index contributed by atoms with van der Waals surface area (Å²) >= 11 is 3.29. The molecule has 2 amide bonds. The number of aliphatic hydroxyl groups is 1. The lowest BCUT2D eigenvalue weighted by atomic mass is 9.91. The summed E-state index contributed by atoms with van der Waals surface area (Å²) in [5.41, 5.74) is 8.49. The first-order chi connectivity index (χ1) is 30.0. The van der Waals surface area contributed by atoms with Gasteiger partial charge in [0.05, 0.1) is 27.9 Å². The number of piperidine rings is 1. The Morgan fingerprint density at radius 3 is 2.42 bits per heavy atom. The summed E-state index contributed by atoms with van der Waals surface area (Å²) in [5, 5.41) is 38.3. The maximum atomic E-state index is 14.2. The number of carbonyl (C=O) groups excluding carboxylic acids is 2. The highest BCUT2D eigenvalue weighted by molar-refractivity contribution is 7.19. The van der Waals surface area contributed by atoms with Crippen molar-refractivity contribution in [2.24, 2.45) is 5.92 Å². The number of likely N-dealkylation sites (tertiary alicyclic amines) is 1. The second-order valence-electron chi connectivity index (χ2n) is 16.5. The second kappa shape index (κ2) is 17.3. The number of amides is 2. The quantitative estimate of drug-likeness (QED) is 0.116. The number of carbonyl (C=O) groups is 2. The number of β-amino-alcohol motifs (C(OH)–C–C–N with tert-alkyl or cyclic N) is 1. The van der Waals surface area contributed by atoms with E-state index in [4.69, 9.17) is 14.5 Å². The van der Waals surface area contributed by atoms with Gasteiger partial charge in [-0.05, 0) is 73.4 Å². The highest BCUT2D eigenvalue weighted by Crippen LogP contribution is 2.41. The number of fused-ring (bicyclic) bond motifs is 1. The van der Waals surface area contributed by atoms with Gasteiger partial charge in [-0.25, -0.2) is 15.0 Å². The molecule has 62 heavy (non-hydrogen) atoms. The Bertz CT molecular complexity index is 2720. The van der Waals surface area contributed by atoms with Crippen molar-refractivity contribution in [1.82, 2.24) is 40.5 Å². The molecule has 14 nitrogen and oxygen atoms in total. The number of phenolic OH excluding ortho intramolecular Hbond substituents is 1. The molecule has 7 aromatic rings. The van der Waals surface area contributed by atoms with E-state index in [-0.39, 0.29) is 36.4 Å². The van der Waals surface area contributed by atoms with Gasteiger partial charge in [0.15, 0.2) is 0 Å². The number of aliphatic hydroxyl groups excluding tert-OH is 1. The Labute approximate surface area is 366 Å². The number of hydrogen-bond donors (Lipinski definition) is 3. The molecule has 0 aliphatic carbocycles. The normalized spacial score (nSPS) is 17.6. The van der Waals surface area contributed by atoms with E-state index in [0.717, 1.165) is 57.8 Å². The third-order valence-corrected chi connectivity index (χ3v) is 14.4. The SMILES string of the molecule is Cc1ncsc1-c1ccc(CNC(=O)[C@@H]2C[C@@H](O)CN2C(=O)[C@@H](c2cc(-c3cnc(N4CCC(c5sc6nnc(-c7ccccc7O)cc6c5C)CC4)nc3)no2)C(C)C)cc1. The molecule has 3 N–H and O–H groups in total. The molecule has 9 rings (SSSR count). The average molecular weight is 870 g/mol. The number of anilines is 1. The summed E-state index contributed by atoms with van der Waals surface area (Å²) in [6, 6.07) is 18.1. The molecule has 5 aromatic heterocycles. The van der Waals surface area contributed by atoms with Gasteiger partial charge >= 0.3 is 0 Å². The van der Waals surface area contributed by atoms with Crippen LogP contribution in [0.4, 0.5) is 5.95 Å². The van der Waals surface area contributed by atoms with Crippen molar-refractivity contribution >= 4 is 50.7 Å². The van der Waals surface area contributed by atoms with Gasteiger partial charge in [0.25, 0.3) is 0 Å². The lowest BCUT2D eigenvalue weighted by molar-refractivity contribution is -0.141. The van der Waals surface area contributed by atoms with Gasteiger partial charge in [0, 0.05) is 72.5 Å². The Balaban J connectivity index is 0.824. The zero-order valence-electron chi connectivity index (χ0n) is 34.9. The van der Waals surface area contributed by atoms with Crippen LogP contribution in [0, 0.1) is 19.8 Å². The van der Waals surface area contributed by atoms with Crippen molar-refractivity contribution in [3.63, 3.8) is 0 Å². The molecule has 16 heteroatoms. The van der Waals surface area contributed by atoms with Crippen molar-refractivity contribution < 1.29 is 24.3 Å². The van der Waals surface area contributed by atoms with E-state index in [1.165, 1.54) is 15.3 Å². The van der Waals surface area contributed by atoms with Gasteiger partial charge < -0.3 is 29.9 Å². The van der Waals surface area contributed by atoms with Gasteiger partial charge in [-0.1, -0.05) is 55.4 Å². The Kier molecular flexibility index (Phi) is 11.5. The molecular formula is C46H47N9O5S2. The second-order valence-corrected chi connectivity index (χ2v) is 18.4. The number of aromatic nitrogens is 6. The Morgan fingerprint density at radius 2 is 1.71 bits per heavy atom. The zero-order chi connectivity index (χ0) is 43.1. The summed E-state index contributed by atoms with van der Waals surface area (Å²) < 4.78 is 5.81. The number of para-hydroxylation sites is 1. The summed E-state index contributed by atoms with van der Waals surface area (Å²) in [5.74, 6) is 0.0506. The number of aromatic hydroxyl groups is 1. The molecule has 2 fully saturated rings. The number of phenols is 1. The van der Waals surface area contributed by atoms with Crippen LogP contribution in [0.5, 0.6) is 5.75 Å². The number of rotatable bonds is 11. The summed E-state index contributed by atoms with van der Waals surface area (Å²) in [7, 11) is 0. The van der Waals surface area contributed by atoms with Crippen LogP contribution in [0.2, 0.25) is 0 Å². The highest BCUT2D eigenvalue weighted by atomic mass is 32.1. The maximum absolute atomic E-state index is 14.2. The zero-order valence-corrected chi connectivity index (χ0v) is 36.5. The molecule has 0 saturated carbocycles. The third-order valence-electron chi connectivity index (χ3n) is 12.1. The standard InChI is InChI=1S/C46H47N9O5S2/c1-25(2)40(45(59)55-23-32(56)17-37(55)43(58)47-20-28-9-11-29(12-10-28)42-27(4)50-24-61-42)39-19-35(53-60-39)31-21-48-46(49-22-31)54-15-13-30(14-16-54)41-26(3)34-18-36(51-52-44(34)62-41)33-7-5-6-8-38(33)57/h5-12,18-19,21-22,24-25,30,32,37,40,56-57H,13-17,20,23H2,1-4H3,(H,47,58)/t32-,37+,40-/m1/s1. The van der Waals surface area contributed by atoms with Crippen molar-refractivity contribution in [1.29, 1.82) is 0 Å². The predicted molar refractivity (Wildman–Crippen MR) is 239 cm³/mol. The van der Waals surface area contributed by atoms with Gasteiger partial charge in [-0.15, -0.1) is 32.9 Å². The van der Waals surface area contributed by atoms with Gasteiger partial charge in [-0.3, -0.25) is 9.59 Å². The van der Waals surface area contributed by atoms with E-state index in [9.17, 15) is 19.8 Å². The fourth-order valence-corrected chi connectivity index (χ4v) is 10.7. The summed E-state index contributed by atoms with van der Waals surface area (Å²) in [6.07, 6.45) is 4.66. The van der Waals surface area contributed by atoms with Crippen molar-refractivity contribution in [3.8, 4) is 38.7 Å². The molecule has 0 bridgehead atoms. The average Bonchev–Trinajstić information content (AvgIpc) is 4.10. The predicted octanol–water partition coefficient (Wildman–Crippen LogP) is 7.65. The maximum Gasteiger partial charge on any atom is 0.243 e. The van der Waals surface area contributed by atoms with Crippen LogP contribution in [0.1, 0.15) is 72.4 Å². The molecule has 0 radical (unpaired) electrons. The van der Waals surface area contributed by atoms with E-state index in [0.29, 0.717) is 46.7 Å². The number of benzene rings is 2. The van der Waals surface area contributed by atoms with E-state index in [2.05, 4.69) is 37.5 Å². The van der Waals surface area contributed by atoms with Crippen LogP contribution >= 0.6 is 22.7 Å². The lowest BCUT2D eigenvalue weighted by Crippen LogP contribution is -2.48.